The highest BCUT2D eigenvalue weighted by Gasteiger charge is 2.13. The molecule has 1 N–H and O–H groups in total. The second-order valence-corrected chi connectivity index (χ2v) is 8.65. The highest BCUT2D eigenvalue weighted by atomic mass is 32.2. The molecule has 0 radical (unpaired) electrons. The summed E-state index contributed by atoms with van der Waals surface area (Å²) in [6, 6.07) is 16.1. The summed E-state index contributed by atoms with van der Waals surface area (Å²) < 4.78 is 12.2. The van der Waals surface area contributed by atoms with E-state index in [0.29, 0.717) is 10.9 Å². The molecule has 3 aromatic rings. The second kappa shape index (κ2) is 7.54. The smallest absolute Gasteiger partial charge is 0.208 e. The van der Waals surface area contributed by atoms with E-state index >= 15 is 0 Å². The average Bonchev–Trinajstić information content (AvgIpc) is 3.31. The number of benzene rings is 2. The minimum Gasteiger partial charge on any atom is -0.258 e. The molecular formula is C19H19N3OS2. The number of aromatic nitrogens is 3. The first kappa shape index (κ1) is 16.5. The topological polar surface area (TPSA) is 58.6 Å². The van der Waals surface area contributed by atoms with E-state index in [9.17, 15) is 4.21 Å². The predicted octanol–water partition coefficient (Wildman–Crippen LogP) is 3.86. The Hall–Kier alpha value is -1.92. The van der Waals surface area contributed by atoms with Crippen molar-refractivity contribution in [3.63, 3.8) is 0 Å². The molecule has 1 atom stereocenters. The fourth-order valence-electron chi connectivity index (χ4n) is 3.06. The number of hydrogen-bond donors (Lipinski definition) is 1. The number of fused-ring (bicyclic) bond motifs is 1. The Labute approximate surface area is 153 Å². The van der Waals surface area contributed by atoms with Gasteiger partial charge in [0.2, 0.25) is 5.16 Å². The summed E-state index contributed by atoms with van der Waals surface area (Å²) in [5.41, 5.74) is 3.98. The fraction of sp³-hybridized carbons (Fsp3) is 0.263. The Morgan fingerprint density at radius 1 is 1.08 bits per heavy atom. The summed E-state index contributed by atoms with van der Waals surface area (Å²) in [5, 5.41) is 8.02. The Morgan fingerprint density at radius 3 is 2.80 bits per heavy atom. The van der Waals surface area contributed by atoms with Gasteiger partial charge in [-0.1, -0.05) is 42.1 Å². The summed E-state index contributed by atoms with van der Waals surface area (Å²) in [7, 11) is -0.973. The van der Waals surface area contributed by atoms with Crippen molar-refractivity contribution in [2.75, 3.05) is 11.5 Å². The SMILES string of the molecule is O=[S@@](CCSc1n[nH]c(-c2ccc3c(c2)CCC3)n1)c1ccccc1. The minimum atomic E-state index is -0.973. The van der Waals surface area contributed by atoms with Crippen LogP contribution in [0, 0.1) is 0 Å². The molecule has 0 fully saturated rings. The van der Waals surface area contributed by atoms with Gasteiger partial charge in [0.1, 0.15) is 0 Å². The summed E-state index contributed by atoms with van der Waals surface area (Å²) in [5.74, 6) is 2.13. The third-order valence-corrected chi connectivity index (χ3v) is 6.82. The van der Waals surface area contributed by atoms with Crippen molar-refractivity contribution in [3.05, 3.63) is 59.7 Å². The average molecular weight is 370 g/mol. The molecule has 128 valence electrons. The van der Waals surface area contributed by atoms with Crippen LogP contribution in [0.2, 0.25) is 0 Å². The maximum absolute atomic E-state index is 12.2. The number of rotatable bonds is 6. The van der Waals surface area contributed by atoms with E-state index in [-0.39, 0.29) is 0 Å². The summed E-state index contributed by atoms with van der Waals surface area (Å²) in [6.07, 6.45) is 3.59. The number of hydrogen-bond acceptors (Lipinski definition) is 4. The van der Waals surface area contributed by atoms with Crippen LogP contribution in [0.4, 0.5) is 0 Å². The first-order valence-corrected chi connectivity index (χ1v) is 10.7. The Morgan fingerprint density at radius 2 is 1.92 bits per heavy atom. The molecule has 1 aliphatic rings. The summed E-state index contributed by atoms with van der Waals surface area (Å²) >= 11 is 1.54. The van der Waals surface area contributed by atoms with Crippen LogP contribution >= 0.6 is 11.8 Å². The zero-order chi connectivity index (χ0) is 17.1. The van der Waals surface area contributed by atoms with Crippen molar-refractivity contribution < 1.29 is 4.21 Å². The summed E-state index contributed by atoms with van der Waals surface area (Å²) in [6.45, 7) is 0. The van der Waals surface area contributed by atoms with Crippen molar-refractivity contribution in [2.24, 2.45) is 0 Å². The standard InChI is InChI=1S/C19H19N3OS2/c23-25(17-7-2-1-3-8-17)12-11-24-19-20-18(21-22-19)16-10-9-14-5-4-6-15(14)13-16/h1-3,7-10,13H,4-6,11-12H2,(H,20,21,22)/t25-/m0/s1. The molecule has 0 unspecified atom stereocenters. The molecule has 0 saturated heterocycles. The molecule has 25 heavy (non-hydrogen) atoms. The number of aryl methyl sites for hydroxylation is 2. The number of aromatic amines is 1. The summed E-state index contributed by atoms with van der Waals surface area (Å²) in [4.78, 5) is 5.45. The van der Waals surface area contributed by atoms with Crippen LogP contribution in [0.15, 0.2) is 58.6 Å². The highest BCUT2D eigenvalue weighted by Crippen LogP contribution is 2.27. The van der Waals surface area contributed by atoms with Crippen molar-refractivity contribution in [1.29, 1.82) is 0 Å². The van der Waals surface area contributed by atoms with Gasteiger partial charge in [0, 0.05) is 22.0 Å². The lowest BCUT2D eigenvalue weighted by Crippen LogP contribution is -2.00. The minimum absolute atomic E-state index is 0.595. The third kappa shape index (κ3) is 3.85. The van der Waals surface area contributed by atoms with Gasteiger partial charge >= 0.3 is 0 Å². The van der Waals surface area contributed by atoms with Gasteiger partial charge in [0.25, 0.3) is 0 Å². The molecule has 1 aliphatic carbocycles. The van der Waals surface area contributed by atoms with Gasteiger partial charge in [-0.25, -0.2) is 4.98 Å². The van der Waals surface area contributed by atoms with Crippen LogP contribution in [0.1, 0.15) is 17.5 Å². The highest BCUT2D eigenvalue weighted by molar-refractivity contribution is 8.00. The first-order chi connectivity index (χ1) is 12.3. The molecule has 0 amide bonds. The van der Waals surface area contributed by atoms with Gasteiger partial charge in [-0.05, 0) is 48.6 Å². The molecule has 1 heterocycles. The molecule has 0 spiro atoms. The first-order valence-electron chi connectivity index (χ1n) is 8.40. The Balaban J connectivity index is 1.36. The second-order valence-electron chi connectivity index (χ2n) is 6.01. The number of thioether (sulfide) groups is 1. The third-order valence-electron chi connectivity index (χ3n) is 4.34. The molecule has 0 saturated carbocycles. The van der Waals surface area contributed by atoms with Gasteiger partial charge in [0.15, 0.2) is 5.82 Å². The maximum Gasteiger partial charge on any atom is 0.208 e. The van der Waals surface area contributed by atoms with Crippen LogP contribution < -0.4 is 0 Å². The molecule has 0 aliphatic heterocycles. The van der Waals surface area contributed by atoms with E-state index in [4.69, 9.17) is 0 Å². The van der Waals surface area contributed by atoms with Crippen LogP contribution in [-0.2, 0) is 23.6 Å². The molecule has 1 aromatic heterocycles. The quantitative estimate of drug-likeness (QED) is 0.670. The van der Waals surface area contributed by atoms with Crippen molar-refractivity contribution in [1.82, 2.24) is 15.2 Å². The molecular weight excluding hydrogens is 350 g/mol. The number of nitrogens with one attached hydrogen (secondary N) is 1. The van der Waals surface area contributed by atoms with E-state index in [1.54, 1.807) is 0 Å². The Kier molecular flexibility index (Phi) is 4.99. The molecule has 4 nitrogen and oxygen atoms in total. The van der Waals surface area contributed by atoms with Crippen LogP contribution in [0.5, 0.6) is 0 Å². The van der Waals surface area contributed by atoms with Crippen molar-refractivity contribution >= 4 is 22.6 Å². The zero-order valence-electron chi connectivity index (χ0n) is 13.8. The lowest BCUT2D eigenvalue weighted by atomic mass is 10.1. The number of nitrogens with zero attached hydrogens (tertiary/aromatic N) is 2. The lowest BCUT2D eigenvalue weighted by Gasteiger charge is -2.01. The number of H-pyrrole nitrogens is 1. The lowest BCUT2D eigenvalue weighted by molar-refractivity contribution is 0.684. The molecule has 6 heteroatoms. The Bertz CT molecular complexity index is 893. The predicted molar refractivity (Wildman–Crippen MR) is 102 cm³/mol. The van der Waals surface area contributed by atoms with E-state index in [0.717, 1.165) is 28.5 Å². The van der Waals surface area contributed by atoms with Crippen LogP contribution in [0.25, 0.3) is 11.4 Å². The van der Waals surface area contributed by atoms with Gasteiger partial charge < -0.3 is 0 Å². The monoisotopic (exact) mass is 369 g/mol. The molecule has 2 aromatic carbocycles. The van der Waals surface area contributed by atoms with E-state index in [2.05, 4.69) is 33.4 Å². The van der Waals surface area contributed by atoms with Crippen LogP contribution in [0.3, 0.4) is 0 Å². The molecule has 0 bridgehead atoms. The van der Waals surface area contributed by atoms with E-state index < -0.39 is 10.8 Å². The zero-order valence-corrected chi connectivity index (χ0v) is 15.4. The van der Waals surface area contributed by atoms with Crippen molar-refractivity contribution in [2.45, 2.75) is 29.3 Å². The van der Waals surface area contributed by atoms with Gasteiger partial charge in [-0.2, -0.15) is 0 Å². The van der Waals surface area contributed by atoms with Gasteiger partial charge in [-0.15, -0.1) is 5.10 Å². The maximum atomic E-state index is 12.2. The van der Waals surface area contributed by atoms with E-state index in [1.165, 1.54) is 35.7 Å². The normalized spacial score (nSPS) is 14.4. The molecule has 4 rings (SSSR count). The van der Waals surface area contributed by atoms with E-state index in [1.807, 2.05) is 30.3 Å². The largest absolute Gasteiger partial charge is 0.258 e. The van der Waals surface area contributed by atoms with Crippen LogP contribution in [-0.4, -0.2) is 30.9 Å². The fourth-order valence-corrected chi connectivity index (χ4v) is 5.14. The van der Waals surface area contributed by atoms with Gasteiger partial charge in [0.05, 0.1) is 10.8 Å². The van der Waals surface area contributed by atoms with Crippen molar-refractivity contribution in [3.8, 4) is 11.4 Å². The van der Waals surface area contributed by atoms with Gasteiger partial charge in [-0.3, -0.25) is 9.31 Å².